The molecule has 1 heterocycles. The van der Waals surface area contributed by atoms with Gasteiger partial charge in [0.2, 0.25) is 0 Å². The van der Waals surface area contributed by atoms with E-state index in [0.29, 0.717) is 0 Å². The van der Waals surface area contributed by atoms with Crippen LogP contribution < -0.4 is 0 Å². The monoisotopic (exact) mass is 241 g/mol. The first-order valence-corrected chi connectivity index (χ1v) is 3.85. The molecule has 1 aliphatic rings. The molecule has 0 saturated heterocycles. The molecule has 6 heteroatoms. The minimum atomic E-state index is -4.55. The smallest absolute Gasteiger partial charge is 0.267 e. The predicted molar refractivity (Wildman–Crippen MR) is 40.4 cm³/mol. The SMILES string of the molecule is O=C1C=CC(Br)C(C(F)(F)F)=N1. The van der Waals surface area contributed by atoms with Crippen molar-refractivity contribution < 1.29 is 18.0 Å². The van der Waals surface area contributed by atoms with Gasteiger partial charge in [0.1, 0.15) is 5.71 Å². The van der Waals surface area contributed by atoms with Crippen molar-refractivity contribution in [3.8, 4) is 0 Å². The van der Waals surface area contributed by atoms with Crippen molar-refractivity contribution in [3.05, 3.63) is 12.2 Å². The average Bonchev–Trinajstić information content (AvgIpc) is 1.92. The number of nitrogens with zero attached hydrogens (tertiary/aromatic N) is 1. The first-order chi connectivity index (χ1) is 5.41. The molecule has 1 aliphatic heterocycles. The van der Waals surface area contributed by atoms with Crippen molar-refractivity contribution in [3.63, 3.8) is 0 Å². The van der Waals surface area contributed by atoms with Gasteiger partial charge in [-0.15, -0.1) is 0 Å². The Labute approximate surface area is 74.3 Å². The predicted octanol–water partition coefficient (Wildman–Crippen LogP) is 1.85. The second-order valence-corrected chi connectivity index (χ2v) is 3.08. The highest BCUT2D eigenvalue weighted by molar-refractivity contribution is 9.10. The van der Waals surface area contributed by atoms with E-state index in [1.807, 2.05) is 0 Å². The summed E-state index contributed by atoms with van der Waals surface area (Å²) in [5, 5.41) is 0. The zero-order valence-corrected chi connectivity index (χ0v) is 7.19. The molecule has 0 aromatic carbocycles. The van der Waals surface area contributed by atoms with Crippen molar-refractivity contribution in [1.29, 1.82) is 0 Å². The average molecular weight is 242 g/mol. The maximum absolute atomic E-state index is 12.0. The number of carbonyl (C=O) groups is 1. The molecular formula is C6H3BrF3NO. The lowest BCUT2D eigenvalue weighted by atomic mass is 10.2. The standard InChI is InChI=1S/C6H3BrF3NO/c7-3-1-2-4(12)11-5(3)6(8,9)10/h1-3H. The Morgan fingerprint density at radius 3 is 2.50 bits per heavy atom. The number of carbonyl (C=O) groups excluding carboxylic acids is 1. The molecule has 0 spiro atoms. The molecule has 1 rings (SSSR count). The molecule has 0 radical (unpaired) electrons. The third-order valence-corrected chi connectivity index (χ3v) is 1.93. The van der Waals surface area contributed by atoms with E-state index in [4.69, 9.17) is 0 Å². The molecule has 1 amide bonds. The Bertz CT molecular complexity index is 268. The van der Waals surface area contributed by atoms with Crippen LogP contribution in [0.4, 0.5) is 13.2 Å². The van der Waals surface area contributed by atoms with Crippen LogP contribution >= 0.6 is 15.9 Å². The Morgan fingerprint density at radius 1 is 1.50 bits per heavy atom. The van der Waals surface area contributed by atoms with Gasteiger partial charge in [0.25, 0.3) is 5.91 Å². The number of alkyl halides is 4. The molecule has 0 aliphatic carbocycles. The minimum absolute atomic E-state index is 0.877. The second kappa shape index (κ2) is 3.01. The molecule has 12 heavy (non-hydrogen) atoms. The van der Waals surface area contributed by atoms with Gasteiger partial charge in [-0.2, -0.15) is 13.2 Å². The Hall–Kier alpha value is -0.650. The topological polar surface area (TPSA) is 29.4 Å². The van der Waals surface area contributed by atoms with Gasteiger partial charge in [-0.1, -0.05) is 22.0 Å². The lowest BCUT2D eigenvalue weighted by Crippen LogP contribution is -2.32. The molecule has 1 unspecified atom stereocenters. The summed E-state index contributed by atoms with van der Waals surface area (Å²) in [5.41, 5.74) is -1.10. The van der Waals surface area contributed by atoms with Crippen LogP contribution in [0.2, 0.25) is 0 Å². The first kappa shape index (κ1) is 9.44. The fraction of sp³-hybridized carbons (Fsp3) is 0.333. The Balaban J connectivity index is 2.97. The summed E-state index contributed by atoms with van der Waals surface area (Å²) in [6.07, 6.45) is -2.44. The number of amides is 1. The van der Waals surface area contributed by atoms with Crippen LogP contribution in [0.5, 0.6) is 0 Å². The van der Waals surface area contributed by atoms with E-state index in [1.54, 1.807) is 0 Å². The van der Waals surface area contributed by atoms with Gasteiger partial charge in [0.15, 0.2) is 0 Å². The number of rotatable bonds is 0. The van der Waals surface area contributed by atoms with Gasteiger partial charge in [0, 0.05) is 6.08 Å². The van der Waals surface area contributed by atoms with Gasteiger partial charge in [-0.3, -0.25) is 4.79 Å². The van der Waals surface area contributed by atoms with Crippen molar-refractivity contribution in [2.75, 3.05) is 0 Å². The third-order valence-electron chi connectivity index (χ3n) is 1.19. The van der Waals surface area contributed by atoms with Gasteiger partial charge >= 0.3 is 6.18 Å². The van der Waals surface area contributed by atoms with Crippen LogP contribution in [0, 0.1) is 0 Å². The fourth-order valence-corrected chi connectivity index (χ4v) is 1.21. The summed E-state index contributed by atoms with van der Waals surface area (Å²) >= 11 is 2.73. The van der Waals surface area contributed by atoms with Gasteiger partial charge in [-0.25, -0.2) is 4.99 Å². The van der Waals surface area contributed by atoms with E-state index in [1.165, 1.54) is 0 Å². The quantitative estimate of drug-likeness (QED) is 0.596. The summed E-state index contributed by atoms with van der Waals surface area (Å²) < 4.78 is 36.1. The molecule has 0 saturated carbocycles. The maximum atomic E-state index is 12.0. The summed E-state index contributed by atoms with van der Waals surface area (Å²) in [7, 11) is 0. The molecule has 0 bridgehead atoms. The Morgan fingerprint density at radius 2 is 2.08 bits per heavy atom. The summed E-state index contributed by atoms with van der Waals surface area (Å²) in [6, 6.07) is 0. The summed E-state index contributed by atoms with van der Waals surface area (Å²) in [6.45, 7) is 0. The lowest BCUT2D eigenvalue weighted by Gasteiger charge is -2.14. The fourth-order valence-electron chi connectivity index (χ4n) is 0.695. The molecule has 0 N–H and O–H groups in total. The molecule has 0 fully saturated rings. The summed E-state index contributed by atoms with van der Waals surface area (Å²) in [5.74, 6) is -0.877. The molecule has 2 nitrogen and oxygen atoms in total. The molecule has 66 valence electrons. The van der Waals surface area contributed by atoms with Gasteiger partial charge in [0.05, 0.1) is 4.83 Å². The second-order valence-electron chi connectivity index (χ2n) is 2.09. The highest BCUT2D eigenvalue weighted by Crippen LogP contribution is 2.25. The Kier molecular flexibility index (Phi) is 2.36. The zero-order chi connectivity index (χ0) is 9.35. The molecular weight excluding hydrogens is 239 g/mol. The van der Waals surface area contributed by atoms with Gasteiger partial charge in [-0.05, 0) is 0 Å². The van der Waals surface area contributed by atoms with Crippen molar-refractivity contribution >= 4 is 27.5 Å². The lowest BCUT2D eigenvalue weighted by molar-refractivity contribution is -0.114. The normalized spacial score (nSPS) is 24.2. The van der Waals surface area contributed by atoms with Crippen LogP contribution in [-0.4, -0.2) is 22.6 Å². The van der Waals surface area contributed by atoms with Crippen LogP contribution in [0.1, 0.15) is 0 Å². The van der Waals surface area contributed by atoms with Crippen molar-refractivity contribution in [2.24, 2.45) is 4.99 Å². The highest BCUT2D eigenvalue weighted by atomic mass is 79.9. The molecule has 1 atom stereocenters. The van der Waals surface area contributed by atoms with E-state index >= 15 is 0 Å². The largest absolute Gasteiger partial charge is 0.431 e. The van der Waals surface area contributed by atoms with Crippen LogP contribution in [0.25, 0.3) is 0 Å². The minimum Gasteiger partial charge on any atom is -0.267 e. The van der Waals surface area contributed by atoms with Crippen LogP contribution in [-0.2, 0) is 4.79 Å². The van der Waals surface area contributed by atoms with E-state index in [-0.39, 0.29) is 0 Å². The van der Waals surface area contributed by atoms with Crippen molar-refractivity contribution in [1.82, 2.24) is 0 Å². The van der Waals surface area contributed by atoms with Crippen molar-refractivity contribution in [2.45, 2.75) is 11.0 Å². The number of allylic oxidation sites excluding steroid dienone is 1. The zero-order valence-electron chi connectivity index (χ0n) is 5.60. The first-order valence-electron chi connectivity index (χ1n) is 2.93. The number of aliphatic imine (C=N–C) groups is 1. The third kappa shape index (κ3) is 1.94. The number of hydrogen-bond acceptors (Lipinski definition) is 1. The van der Waals surface area contributed by atoms with E-state index in [2.05, 4.69) is 20.9 Å². The summed E-state index contributed by atoms with van der Waals surface area (Å²) in [4.78, 5) is 12.3. The van der Waals surface area contributed by atoms with E-state index in [9.17, 15) is 18.0 Å². The van der Waals surface area contributed by atoms with E-state index < -0.39 is 22.6 Å². The number of hydrogen-bond donors (Lipinski definition) is 0. The maximum Gasteiger partial charge on any atom is 0.431 e. The van der Waals surface area contributed by atoms with E-state index in [0.717, 1.165) is 12.2 Å². The number of halogens is 4. The number of dihydropyridines is 1. The highest BCUT2D eigenvalue weighted by Gasteiger charge is 2.40. The van der Waals surface area contributed by atoms with Crippen LogP contribution in [0.3, 0.4) is 0 Å². The van der Waals surface area contributed by atoms with Gasteiger partial charge < -0.3 is 0 Å². The molecule has 0 aromatic rings. The molecule has 0 aromatic heterocycles. The van der Waals surface area contributed by atoms with Crippen LogP contribution in [0.15, 0.2) is 17.1 Å².